The van der Waals surface area contributed by atoms with Gasteiger partial charge in [-0.2, -0.15) is 0 Å². The van der Waals surface area contributed by atoms with E-state index in [4.69, 9.17) is 14.7 Å². The Morgan fingerprint density at radius 2 is 1.91 bits per heavy atom. The Kier molecular flexibility index (Phi) is 4.59. The fourth-order valence-corrected chi connectivity index (χ4v) is 5.68. The molecule has 5 aliphatic rings. The highest BCUT2D eigenvalue weighted by molar-refractivity contribution is 5.85. The van der Waals surface area contributed by atoms with Crippen LogP contribution in [0.15, 0.2) is 36.7 Å². The number of rotatable bonds is 6. The number of anilines is 1. The average Bonchev–Trinajstić information content (AvgIpc) is 3.44. The molecule has 1 aliphatic carbocycles. The van der Waals surface area contributed by atoms with Crippen LogP contribution in [0, 0.1) is 5.92 Å². The van der Waals surface area contributed by atoms with Crippen LogP contribution >= 0.6 is 0 Å². The quantitative estimate of drug-likeness (QED) is 0.591. The summed E-state index contributed by atoms with van der Waals surface area (Å²) in [6, 6.07) is 12.5. The van der Waals surface area contributed by atoms with Gasteiger partial charge in [-0.1, -0.05) is 12.1 Å². The first-order chi connectivity index (χ1) is 16.6. The average molecular weight is 459 g/mol. The van der Waals surface area contributed by atoms with Crippen LogP contribution in [-0.4, -0.2) is 58.3 Å². The fourth-order valence-electron chi connectivity index (χ4n) is 5.68. The van der Waals surface area contributed by atoms with Crippen molar-refractivity contribution in [2.24, 2.45) is 5.92 Å². The molecule has 5 fully saturated rings. The van der Waals surface area contributed by atoms with Gasteiger partial charge in [-0.05, 0) is 44.4 Å². The largest absolute Gasteiger partial charge is 0.473 e. The van der Waals surface area contributed by atoms with Gasteiger partial charge in [0.2, 0.25) is 11.8 Å². The topological polar surface area (TPSA) is 84.3 Å². The van der Waals surface area contributed by atoms with Crippen molar-refractivity contribution in [3.05, 3.63) is 36.7 Å². The zero-order valence-electron chi connectivity index (χ0n) is 19.4. The lowest BCUT2D eigenvalue weighted by atomic mass is 9.91. The normalized spacial score (nSPS) is 26.9. The number of nitrogens with zero attached hydrogens (tertiary/aromatic N) is 4. The Morgan fingerprint density at radius 3 is 2.59 bits per heavy atom. The van der Waals surface area contributed by atoms with Gasteiger partial charge >= 0.3 is 0 Å². The second kappa shape index (κ2) is 7.70. The lowest BCUT2D eigenvalue weighted by Gasteiger charge is -2.49. The molecule has 176 valence electrons. The van der Waals surface area contributed by atoms with Crippen molar-refractivity contribution in [2.75, 3.05) is 24.5 Å². The first kappa shape index (κ1) is 20.3. The van der Waals surface area contributed by atoms with Crippen molar-refractivity contribution in [1.29, 1.82) is 0 Å². The summed E-state index contributed by atoms with van der Waals surface area (Å²) >= 11 is 0. The van der Waals surface area contributed by atoms with E-state index in [9.17, 15) is 4.79 Å². The molecule has 0 radical (unpaired) electrons. The van der Waals surface area contributed by atoms with Gasteiger partial charge in [0, 0.05) is 61.3 Å². The maximum absolute atomic E-state index is 11.7. The highest BCUT2D eigenvalue weighted by Crippen LogP contribution is 2.40. The highest BCUT2D eigenvalue weighted by atomic mass is 16.5. The third-order valence-electron chi connectivity index (χ3n) is 7.88. The molecular weight excluding hydrogens is 428 g/mol. The summed E-state index contributed by atoms with van der Waals surface area (Å²) in [6.45, 7) is 4.84. The molecular formula is C26H30N6O2. The van der Waals surface area contributed by atoms with Gasteiger partial charge in [0.05, 0.1) is 17.5 Å². The molecule has 4 aliphatic heterocycles. The van der Waals surface area contributed by atoms with Crippen LogP contribution in [0.5, 0.6) is 5.88 Å². The molecule has 2 N–H and O–H groups in total. The van der Waals surface area contributed by atoms with E-state index in [0.29, 0.717) is 37.0 Å². The summed E-state index contributed by atoms with van der Waals surface area (Å²) in [5.74, 6) is 0.863. The second-order valence-corrected chi connectivity index (χ2v) is 10.4. The number of benzene rings is 1. The molecule has 2 bridgehead atoms. The molecule has 8 rings (SSSR count). The van der Waals surface area contributed by atoms with Crippen LogP contribution in [0.3, 0.4) is 0 Å². The molecule has 8 heteroatoms. The Labute approximate surface area is 198 Å². The van der Waals surface area contributed by atoms with E-state index < -0.39 is 0 Å². The molecule has 4 atom stereocenters. The SMILES string of the molecule is CC(Oc1nc(-c2ccc(N3CC4CC(C3)N4)cc2)cc2ncn(C3CC3)c12)C1CNC(=O)C1. The molecule has 1 saturated carbocycles. The van der Waals surface area contributed by atoms with Crippen molar-refractivity contribution < 1.29 is 9.53 Å². The number of nitrogens with one attached hydrogen (secondary N) is 2. The molecule has 4 saturated heterocycles. The summed E-state index contributed by atoms with van der Waals surface area (Å²) in [5, 5.41) is 6.51. The predicted octanol–water partition coefficient (Wildman–Crippen LogP) is 2.89. The van der Waals surface area contributed by atoms with Crippen molar-refractivity contribution in [3.8, 4) is 17.1 Å². The van der Waals surface area contributed by atoms with E-state index >= 15 is 0 Å². The van der Waals surface area contributed by atoms with Crippen molar-refractivity contribution in [3.63, 3.8) is 0 Å². The lowest BCUT2D eigenvalue weighted by Crippen LogP contribution is -2.67. The van der Waals surface area contributed by atoms with Gasteiger partial charge in [-0.3, -0.25) is 4.79 Å². The number of hydrogen-bond acceptors (Lipinski definition) is 6. The van der Waals surface area contributed by atoms with E-state index in [2.05, 4.69) is 50.4 Å². The molecule has 3 aromatic rings. The Hall–Kier alpha value is -3.13. The smallest absolute Gasteiger partial charge is 0.241 e. The van der Waals surface area contributed by atoms with Crippen LogP contribution in [0.1, 0.15) is 38.6 Å². The standard InChI is InChI=1S/C26H30N6O2/c1-15(17-8-24(33)27-11-17)34-26-25-23(28-14-32(25)21-6-7-21)10-22(30-26)16-2-4-20(5-3-16)31-12-18-9-19(13-31)29-18/h2-5,10,14-15,17-19,21,29H,6-9,11-13H2,1H3,(H,27,33). The molecule has 8 nitrogen and oxygen atoms in total. The molecule has 2 aromatic heterocycles. The molecule has 4 unspecified atom stereocenters. The van der Waals surface area contributed by atoms with Crippen LogP contribution in [0.25, 0.3) is 22.3 Å². The van der Waals surface area contributed by atoms with Crippen LogP contribution in [0.2, 0.25) is 0 Å². The Balaban J connectivity index is 1.21. The van der Waals surface area contributed by atoms with Crippen LogP contribution < -0.4 is 20.3 Å². The van der Waals surface area contributed by atoms with Crippen molar-refractivity contribution >= 4 is 22.6 Å². The first-order valence-electron chi connectivity index (χ1n) is 12.5. The molecule has 34 heavy (non-hydrogen) atoms. The predicted molar refractivity (Wildman–Crippen MR) is 130 cm³/mol. The number of hydrogen-bond donors (Lipinski definition) is 2. The zero-order chi connectivity index (χ0) is 22.8. The van der Waals surface area contributed by atoms with Crippen molar-refractivity contribution in [2.45, 2.75) is 56.8 Å². The second-order valence-electron chi connectivity index (χ2n) is 10.4. The van der Waals surface area contributed by atoms with Gasteiger partial charge in [-0.15, -0.1) is 0 Å². The summed E-state index contributed by atoms with van der Waals surface area (Å²) in [7, 11) is 0. The minimum absolute atomic E-state index is 0.0946. The molecule has 1 amide bonds. The van der Waals surface area contributed by atoms with E-state index in [-0.39, 0.29) is 17.9 Å². The number of piperazine rings is 1. The number of fused-ring (bicyclic) bond motifs is 3. The number of ether oxygens (including phenoxy) is 1. The maximum atomic E-state index is 11.7. The summed E-state index contributed by atoms with van der Waals surface area (Å²) in [5.41, 5.74) is 5.06. The van der Waals surface area contributed by atoms with E-state index in [1.807, 2.05) is 13.3 Å². The minimum atomic E-state index is -0.117. The van der Waals surface area contributed by atoms with Gasteiger partial charge < -0.3 is 24.8 Å². The van der Waals surface area contributed by atoms with Gasteiger partial charge in [0.1, 0.15) is 11.6 Å². The third-order valence-corrected chi connectivity index (χ3v) is 7.88. The Bertz CT molecular complexity index is 1230. The number of amides is 1. The van der Waals surface area contributed by atoms with Gasteiger partial charge in [-0.25, -0.2) is 9.97 Å². The number of imidazole rings is 1. The third kappa shape index (κ3) is 3.52. The first-order valence-corrected chi connectivity index (χ1v) is 12.5. The van der Waals surface area contributed by atoms with E-state index in [1.54, 1.807) is 0 Å². The molecule has 0 spiro atoms. The molecule has 1 aromatic carbocycles. The number of carbonyl (C=O) groups excluding carboxylic acids is 1. The summed E-state index contributed by atoms with van der Waals surface area (Å²) in [4.78, 5) is 23.9. The number of piperidine rings is 1. The van der Waals surface area contributed by atoms with Crippen molar-refractivity contribution in [1.82, 2.24) is 25.2 Å². The maximum Gasteiger partial charge on any atom is 0.241 e. The number of aromatic nitrogens is 3. The summed E-state index contributed by atoms with van der Waals surface area (Å²) in [6.07, 6.45) is 5.94. The monoisotopic (exact) mass is 458 g/mol. The number of carbonyl (C=O) groups is 1. The Morgan fingerprint density at radius 1 is 1.15 bits per heavy atom. The summed E-state index contributed by atoms with van der Waals surface area (Å²) < 4.78 is 8.67. The zero-order valence-corrected chi connectivity index (χ0v) is 19.4. The van der Waals surface area contributed by atoms with E-state index in [0.717, 1.165) is 35.4 Å². The fraction of sp³-hybridized carbons (Fsp3) is 0.500. The minimum Gasteiger partial charge on any atom is -0.473 e. The highest BCUT2D eigenvalue weighted by Gasteiger charge is 2.36. The lowest BCUT2D eigenvalue weighted by molar-refractivity contribution is -0.119. The van der Waals surface area contributed by atoms with E-state index in [1.165, 1.54) is 24.9 Å². The van der Waals surface area contributed by atoms with Crippen LogP contribution in [0.4, 0.5) is 5.69 Å². The van der Waals surface area contributed by atoms with Gasteiger partial charge in [0.15, 0.2) is 0 Å². The van der Waals surface area contributed by atoms with Crippen LogP contribution in [-0.2, 0) is 4.79 Å². The molecule has 6 heterocycles. The van der Waals surface area contributed by atoms with Gasteiger partial charge in [0.25, 0.3) is 0 Å². The number of pyridine rings is 1.